The predicted octanol–water partition coefficient (Wildman–Crippen LogP) is 1.91. The Morgan fingerprint density at radius 1 is 1.56 bits per heavy atom. The standard InChI is InChI=1S/C12H14N4O2/c1-3-18-12(17)8(2)14-15-10-4-5-11-9(6-10)7-13-16-11/h4-7,15H,3H2,1-2H3,(H,13,16)/b14-8-. The van der Waals surface area contributed by atoms with E-state index in [1.807, 2.05) is 18.2 Å². The van der Waals surface area contributed by atoms with E-state index in [0.29, 0.717) is 6.61 Å². The molecule has 0 unspecified atom stereocenters. The number of carbonyl (C=O) groups excluding carboxylic acids is 1. The zero-order valence-electron chi connectivity index (χ0n) is 10.2. The summed E-state index contributed by atoms with van der Waals surface area (Å²) in [6.07, 6.45) is 1.72. The van der Waals surface area contributed by atoms with Crippen LogP contribution in [0.5, 0.6) is 0 Å². The number of hydrogen-bond acceptors (Lipinski definition) is 5. The van der Waals surface area contributed by atoms with E-state index in [2.05, 4.69) is 20.7 Å². The molecule has 2 N–H and O–H groups in total. The number of anilines is 1. The molecular weight excluding hydrogens is 232 g/mol. The molecule has 6 heteroatoms. The molecule has 6 nitrogen and oxygen atoms in total. The van der Waals surface area contributed by atoms with Gasteiger partial charge in [0.25, 0.3) is 0 Å². The van der Waals surface area contributed by atoms with Crippen LogP contribution in [-0.2, 0) is 9.53 Å². The summed E-state index contributed by atoms with van der Waals surface area (Å²) < 4.78 is 4.83. The fourth-order valence-electron chi connectivity index (χ4n) is 1.44. The predicted molar refractivity (Wildman–Crippen MR) is 69.5 cm³/mol. The van der Waals surface area contributed by atoms with Crippen molar-refractivity contribution in [2.24, 2.45) is 5.10 Å². The highest BCUT2D eigenvalue weighted by Gasteiger charge is 2.05. The molecule has 0 bridgehead atoms. The molecule has 0 aliphatic carbocycles. The van der Waals surface area contributed by atoms with Crippen LogP contribution in [0.3, 0.4) is 0 Å². The normalized spacial score (nSPS) is 11.6. The Balaban J connectivity index is 2.09. The summed E-state index contributed by atoms with van der Waals surface area (Å²) in [6, 6.07) is 5.63. The Bertz CT molecular complexity index is 589. The molecule has 0 amide bonds. The van der Waals surface area contributed by atoms with Crippen LogP contribution in [0.15, 0.2) is 29.5 Å². The minimum Gasteiger partial charge on any atom is -0.461 e. The molecule has 2 rings (SSSR count). The summed E-state index contributed by atoms with van der Waals surface area (Å²) in [5.74, 6) is -0.422. The van der Waals surface area contributed by atoms with E-state index in [0.717, 1.165) is 16.6 Å². The first kappa shape index (κ1) is 12.1. The van der Waals surface area contributed by atoms with Gasteiger partial charge in [-0.25, -0.2) is 4.79 Å². The number of aromatic nitrogens is 2. The first-order chi connectivity index (χ1) is 8.70. The first-order valence-corrected chi connectivity index (χ1v) is 5.61. The molecule has 0 saturated heterocycles. The van der Waals surface area contributed by atoms with Crippen molar-refractivity contribution in [3.63, 3.8) is 0 Å². The van der Waals surface area contributed by atoms with Crippen LogP contribution >= 0.6 is 0 Å². The molecule has 94 valence electrons. The van der Waals surface area contributed by atoms with Crippen LogP contribution in [-0.4, -0.2) is 28.5 Å². The zero-order chi connectivity index (χ0) is 13.0. The molecule has 1 heterocycles. The van der Waals surface area contributed by atoms with Crippen LogP contribution in [0.2, 0.25) is 0 Å². The molecule has 0 saturated carbocycles. The maximum atomic E-state index is 11.3. The number of hydrogen-bond donors (Lipinski definition) is 2. The Hall–Kier alpha value is -2.37. The Morgan fingerprint density at radius 3 is 3.17 bits per heavy atom. The van der Waals surface area contributed by atoms with E-state index in [4.69, 9.17) is 4.74 Å². The quantitative estimate of drug-likeness (QED) is 0.490. The van der Waals surface area contributed by atoms with Gasteiger partial charge in [0.1, 0.15) is 5.71 Å². The minimum atomic E-state index is -0.422. The fraction of sp³-hybridized carbons (Fsp3) is 0.250. The molecule has 1 aromatic heterocycles. The van der Waals surface area contributed by atoms with Gasteiger partial charge in [-0.2, -0.15) is 10.2 Å². The second-order valence-corrected chi connectivity index (χ2v) is 3.70. The molecule has 0 fully saturated rings. The van der Waals surface area contributed by atoms with Crippen LogP contribution < -0.4 is 5.43 Å². The Morgan fingerprint density at radius 2 is 2.39 bits per heavy atom. The van der Waals surface area contributed by atoms with Gasteiger partial charge >= 0.3 is 5.97 Å². The highest BCUT2D eigenvalue weighted by Crippen LogP contribution is 2.16. The molecule has 0 aliphatic rings. The third kappa shape index (κ3) is 2.65. The largest absolute Gasteiger partial charge is 0.461 e. The van der Waals surface area contributed by atoms with E-state index < -0.39 is 5.97 Å². The fourth-order valence-corrected chi connectivity index (χ4v) is 1.44. The van der Waals surface area contributed by atoms with Crippen molar-refractivity contribution in [2.45, 2.75) is 13.8 Å². The smallest absolute Gasteiger partial charge is 0.354 e. The highest BCUT2D eigenvalue weighted by atomic mass is 16.5. The van der Waals surface area contributed by atoms with Gasteiger partial charge in [-0.1, -0.05) is 0 Å². The lowest BCUT2D eigenvalue weighted by molar-refractivity contribution is -0.135. The van der Waals surface area contributed by atoms with E-state index in [1.165, 1.54) is 0 Å². The number of nitrogens with zero attached hydrogens (tertiary/aromatic N) is 2. The molecular formula is C12H14N4O2. The van der Waals surface area contributed by atoms with Gasteiger partial charge in [0.05, 0.1) is 24.0 Å². The van der Waals surface area contributed by atoms with Crippen LogP contribution in [0.4, 0.5) is 5.69 Å². The SMILES string of the molecule is CCOC(=O)/C(C)=N\Nc1ccc2[nH]ncc2c1. The van der Waals surface area contributed by atoms with Gasteiger partial charge in [-0.3, -0.25) is 10.5 Å². The Labute approximate surface area is 104 Å². The maximum absolute atomic E-state index is 11.3. The molecule has 18 heavy (non-hydrogen) atoms. The van der Waals surface area contributed by atoms with Crippen molar-refractivity contribution < 1.29 is 9.53 Å². The number of fused-ring (bicyclic) bond motifs is 1. The molecule has 0 aliphatic heterocycles. The monoisotopic (exact) mass is 246 g/mol. The number of esters is 1. The second kappa shape index (κ2) is 5.31. The highest BCUT2D eigenvalue weighted by molar-refractivity contribution is 6.35. The van der Waals surface area contributed by atoms with E-state index in [-0.39, 0.29) is 5.71 Å². The number of carbonyl (C=O) groups is 1. The van der Waals surface area contributed by atoms with Crippen molar-refractivity contribution >= 4 is 28.3 Å². The Kier molecular flexibility index (Phi) is 3.57. The number of H-pyrrole nitrogens is 1. The van der Waals surface area contributed by atoms with Crippen molar-refractivity contribution in [3.05, 3.63) is 24.4 Å². The topological polar surface area (TPSA) is 79.4 Å². The average molecular weight is 246 g/mol. The maximum Gasteiger partial charge on any atom is 0.354 e. The lowest BCUT2D eigenvalue weighted by atomic mass is 10.2. The lowest BCUT2D eigenvalue weighted by Gasteiger charge is -2.03. The molecule has 1 aromatic carbocycles. The second-order valence-electron chi connectivity index (χ2n) is 3.70. The third-order valence-corrected chi connectivity index (χ3v) is 2.36. The minimum absolute atomic E-state index is 0.282. The molecule has 0 atom stereocenters. The van der Waals surface area contributed by atoms with Crippen LogP contribution in [0.1, 0.15) is 13.8 Å². The van der Waals surface area contributed by atoms with Crippen molar-refractivity contribution in [3.8, 4) is 0 Å². The van der Waals surface area contributed by atoms with Crippen molar-refractivity contribution in [2.75, 3.05) is 12.0 Å². The van der Waals surface area contributed by atoms with Gasteiger partial charge in [0, 0.05) is 5.39 Å². The number of nitrogens with one attached hydrogen (secondary N) is 2. The van der Waals surface area contributed by atoms with Crippen LogP contribution in [0, 0.1) is 0 Å². The van der Waals surface area contributed by atoms with Crippen LogP contribution in [0.25, 0.3) is 10.9 Å². The van der Waals surface area contributed by atoms with E-state index in [1.54, 1.807) is 20.0 Å². The molecule has 0 spiro atoms. The van der Waals surface area contributed by atoms with Crippen molar-refractivity contribution in [1.82, 2.24) is 10.2 Å². The zero-order valence-corrected chi connectivity index (χ0v) is 10.2. The summed E-state index contributed by atoms with van der Waals surface area (Å²) in [4.78, 5) is 11.3. The van der Waals surface area contributed by atoms with Gasteiger partial charge in [0.15, 0.2) is 0 Å². The van der Waals surface area contributed by atoms with E-state index >= 15 is 0 Å². The first-order valence-electron chi connectivity index (χ1n) is 5.61. The number of ether oxygens (including phenoxy) is 1. The summed E-state index contributed by atoms with van der Waals surface area (Å²) in [5, 5.41) is 11.7. The van der Waals surface area contributed by atoms with Crippen molar-refractivity contribution in [1.29, 1.82) is 0 Å². The molecule has 2 aromatic rings. The number of rotatable bonds is 4. The summed E-state index contributed by atoms with van der Waals surface area (Å²) in [5.41, 5.74) is 4.83. The van der Waals surface area contributed by atoms with E-state index in [9.17, 15) is 4.79 Å². The average Bonchev–Trinajstić information content (AvgIpc) is 2.83. The van der Waals surface area contributed by atoms with Gasteiger partial charge in [-0.15, -0.1) is 0 Å². The van der Waals surface area contributed by atoms with Gasteiger partial charge < -0.3 is 4.74 Å². The number of benzene rings is 1. The summed E-state index contributed by atoms with van der Waals surface area (Å²) >= 11 is 0. The third-order valence-electron chi connectivity index (χ3n) is 2.36. The van der Waals surface area contributed by atoms with Gasteiger partial charge in [0.2, 0.25) is 0 Å². The number of hydrazone groups is 1. The molecule has 0 radical (unpaired) electrons. The van der Waals surface area contributed by atoms with Gasteiger partial charge in [-0.05, 0) is 32.0 Å². The number of aromatic amines is 1. The summed E-state index contributed by atoms with van der Waals surface area (Å²) in [6.45, 7) is 3.69. The summed E-state index contributed by atoms with van der Waals surface area (Å²) in [7, 11) is 0. The lowest BCUT2D eigenvalue weighted by Crippen LogP contribution is -2.15.